The first-order chi connectivity index (χ1) is 14.7. The third kappa shape index (κ3) is 4.14. The van der Waals surface area contributed by atoms with Crippen molar-refractivity contribution in [3.05, 3.63) is 53.6 Å². The van der Waals surface area contributed by atoms with Crippen molar-refractivity contribution in [2.24, 2.45) is 0 Å². The Morgan fingerprint density at radius 2 is 1.81 bits per heavy atom. The van der Waals surface area contributed by atoms with Gasteiger partial charge in [-0.25, -0.2) is 8.42 Å². The van der Waals surface area contributed by atoms with Gasteiger partial charge >= 0.3 is 0 Å². The predicted molar refractivity (Wildman–Crippen MR) is 117 cm³/mol. The molecule has 0 radical (unpaired) electrons. The molecule has 0 atom stereocenters. The molecule has 166 valence electrons. The fourth-order valence-electron chi connectivity index (χ4n) is 4.40. The molecular weight excluding hydrogens is 416 g/mol. The average Bonchev–Trinajstić information content (AvgIpc) is 2.91. The summed E-state index contributed by atoms with van der Waals surface area (Å²) in [5, 5.41) is 2.99. The first-order valence-corrected chi connectivity index (χ1v) is 11.9. The standard InChI is InChI=1S/C23H28N2O5S/c1-16-4-9-21-20(14-16)22(26)24-15-23(30-21)12-10-17(11-13-23)25(2)31(27,28)19-7-5-18(29-3)6-8-19/h4-9,14,17H,10-13,15H2,1-3H3,(H,24,26). The molecule has 1 saturated carbocycles. The number of hydrogen-bond acceptors (Lipinski definition) is 5. The van der Waals surface area contributed by atoms with Crippen LogP contribution in [0.3, 0.4) is 0 Å². The van der Waals surface area contributed by atoms with E-state index in [4.69, 9.17) is 9.47 Å². The van der Waals surface area contributed by atoms with Crippen LogP contribution >= 0.6 is 0 Å². The summed E-state index contributed by atoms with van der Waals surface area (Å²) < 4.78 is 39.1. The molecule has 1 heterocycles. The molecule has 4 rings (SSSR count). The van der Waals surface area contributed by atoms with Gasteiger partial charge in [0, 0.05) is 13.1 Å². The minimum absolute atomic E-state index is 0.127. The fourth-order valence-corrected chi connectivity index (χ4v) is 5.81. The van der Waals surface area contributed by atoms with E-state index in [1.165, 1.54) is 4.31 Å². The lowest BCUT2D eigenvalue weighted by Gasteiger charge is -2.41. The van der Waals surface area contributed by atoms with Crippen LogP contribution in [0.2, 0.25) is 0 Å². The van der Waals surface area contributed by atoms with Crippen LogP contribution in [-0.4, -0.2) is 51.0 Å². The van der Waals surface area contributed by atoms with Gasteiger partial charge in [-0.3, -0.25) is 4.79 Å². The molecule has 1 spiro atoms. The highest BCUT2D eigenvalue weighted by Gasteiger charge is 2.42. The summed E-state index contributed by atoms with van der Waals surface area (Å²) in [4.78, 5) is 12.8. The van der Waals surface area contributed by atoms with Gasteiger partial charge in [-0.1, -0.05) is 11.6 Å². The Labute approximate surface area is 183 Å². The van der Waals surface area contributed by atoms with Gasteiger partial charge in [-0.2, -0.15) is 4.31 Å². The van der Waals surface area contributed by atoms with E-state index in [0.717, 1.165) is 5.56 Å². The lowest BCUT2D eigenvalue weighted by Crippen LogP contribution is -2.51. The number of amides is 1. The Kier molecular flexibility index (Phi) is 5.70. The second-order valence-electron chi connectivity index (χ2n) is 8.40. The second-order valence-corrected chi connectivity index (χ2v) is 10.4. The smallest absolute Gasteiger partial charge is 0.255 e. The summed E-state index contributed by atoms with van der Waals surface area (Å²) in [6.07, 6.45) is 2.63. The van der Waals surface area contributed by atoms with Crippen LogP contribution in [0.15, 0.2) is 47.4 Å². The van der Waals surface area contributed by atoms with Crippen LogP contribution in [-0.2, 0) is 10.0 Å². The zero-order valence-corrected chi connectivity index (χ0v) is 18.9. The molecule has 2 aromatic carbocycles. The zero-order valence-electron chi connectivity index (χ0n) is 18.1. The molecule has 8 heteroatoms. The Bertz CT molecular complexity index is 1070. The van der Waals surface area contributed by atoms with E-state index in [1.54, 1.807) is 38.4 Å². The van der Waals surface area contributed by atoms with Crippen molar-refractivity contribution >= 4 is 15.9 Å². The molecule has 1 fully saturated rings. The monoisotopic (exact) mass is 444 g/mol. The third-order valence-electron chi connectivity index (χ3n) is 6.39. The molecule has 1 aliphatic carbocycles. The fraction of sp³-hybridized carbons (Fsp3) is 0.435. The molecule has 1 aliphatic heterocycles. The highest BCUT2D eigenvalue weighted by Crippen LogP contribution is 2.38. The maximum absolute atomic E-state index is 13.1. The highest BCUT2D eigenvalue weighted by molar-refractivity contribution is 7.89. The van der Waals surface area contributed by atoms with Gasteiger partial charge in [-0.05, 0) is 69.0 Å². The van der Waals surface area contributed by atoms with Crippen LogP contribution in [0.1, 0.15) is 41.6 Å². The van der Waals surface area contributed by atoms with Gasteiger partial charge in [-0.15, -0.1) is 0 Å². The summed E-state index contributed by atoms with van der Waals surface area (Å²) >= 11 is 0. The molecule has 0 aromatic heterocycles. The molecule has 0 unspecified atom stereocenters. The number of sulfonamides is 1. The summed E-state index contributed by atoms with van der Waals surface area (Å²) in [5.41, 5.74) is 1.04. The van der Waals surface area contributed by atoms with E-state index in [2.05, 4.69) is 5.32 Å². The quantitative estimate of drug-likeness (QED) is 0.783. The molecule has 31 heavy (non-hydrogen) atoms. The normalized spacial score (nSPS) is 23.6. The van der Waals surface area contributed by atoms with Crippen molar-refractivity contribution < 1.29 is 22.7 Å². The highest BCUT2D eigenvalue weighted by atomic mass is 32.2. The summed E-state index contributed by atoms with van der Waals surface area (Å²) in [6, 6.07) is 11.9. The molecule has 0 bridgehead atoms. The molecule has 1 amide bonds. The van der Waals surface area contributed by atoms with Crippen molar-refractivity contribution in [2.45, 2.75) is 49.1 Å². The number of hydrogen-bond donors (Lipinski definition) is 1. The van der Waals surface area contributed by atoms with E-state index in [9.17, 15) is 13.2 Å². The number of rotatable bonds is 4. The molecule has 2 aliphatic rings. The van der Waals surface area contributed by atoms with E-state index in [1.807, 2.05) is 25.1 Å². The maximum atomic E-state index is 13.1. The molecular formula is C23H28N2O5S. The average molecular weight is 445 g/mol. The van der Waals surface area contributed by atoms with E-state index < -0.39 is 15.6 Å². The first kappa shape index (κ1) is 21.6. The summed E-state index contributed by atoms with van der Waals surface area (Å²) in [6.45, 7) is 2.36. The maximum Gasteiger partial charge on any atom is 0.255 e. The number of ether oxygens (including phenoxy) is 2. The first-order valence-electron chi connectivity index (χ1n) is 10.4. The van der Waals surface area contributed by atoms with Gasteiger partial charge in [0.1, 0.15) is 17.1 Å². The van der Waals surface area contributed by atoms with E-state index >= 15 is 0 Å². The van der Waals surface area contributed by atoms with Gasteiger partial charge in [0.15, 0.2) is 0 Å². The Morgan fingerprint density at radius 3 is 2.45 bits per heavy atom. The Morgan fingerprint density at radius 1 is 1.13 bits per heavy atom. The SMILES string of the molecule is COc1ccc(S(=O)(=O)N(C)C2CCC3(CC2)CNC(=O)c2cc(C)ccc2O3)cc1. The zero-order chi connectivity index (χ0) is 22.2. The number of methoxy groups -OCH3 is 1. The van der Waals surface area contributed by atoms with Crippen molar-refractivity contribution in [3.8, 4) is 11.5 Å². The lowest BCUT2D eigenvalue weighted by atomic mass is 9.82. The molecule has 2 aromatic rings. The van der Waals surface area contributed by atoms with Crippen molar-refractivity contribution in [3.63, 3.8) is 0 Å². The third-order valence-corrected chi connectivity index (χ3v) is 8.32. The lowest BCUT2D eigenvalue weighted by molar-refractivity contribution is 0.0196. The predicted octanol–water partition coefficient (Wildman–Crippen LogP) is 3.13. The van der Waals surface area contributed by atoms with Gasteiger partial charge in [0.2, 0.25) is 10.0 Å². The number of nitrogens with one attached hydrogen (secondary N) is 1. The summed E-state index contributed by atoms with van der Waals surface area (Å²) in [5.74, 6) is 1.08. The minimum atomic E-state index is -3.61. The molecule has 0 saturated heterocycles. The number of aryl methyl sites for hydroxylation is 1. The second kappa shape index (κ2) is 8.16. The van der Waals surface area contributed by atoms with E-state index in [0.29, 0.717) is 49.3 Å². The van der Waals surface area contributed by atoms with Gasteiger partial charge < -0.3 is 14.8 Å². The Balaban J connectivity index is 1.48. The number of carbonyl (C=O) groups excluding carboxylic acids is 1. The van der Waals surface area contributed by atoms with E-state index in [-0.39, 0.29) is 16.8 Å². The molecule has 7 nitrogen and oxygen atoms in total. The van der Waals surface area contributed by atoms with Crippen LogP contribution in [0.4, 0.5) is 0 Å². The van der Waals surface area contributed by atoms with Gasteiger partial charge in [0.25, 0.3) is 5.91 Å². The number of carbonyl (C=O) groups is 1. The number of nitrogens with zero attached hydrogens (tertiary/aromatic N) is 1. The number of benzene rings is 2. The van der Waals surface area contributed by atoms with Crippen molar-refractivity contribution in [1.29, 1.82) is 0 Å². The summed E-state index contributed by atoms with van der Waals surface area (Å²) in [7, 11) is -0.426. The van der Waals surface area contributed by atoms with Crippen molar-refractivity contribution in [1.82, 2.24) is 9.62 Å². The van der Waals surface area contributed by atoms with Crippen LogP contribution in [0.25, 0.3) is 0 Å². The largest absolute Gasteiger partial charge is 0.497 e. The minimum Gasteiger partial charge on any atom is -0.497 e. The topological polar surface area (TPSA) is 84.9 Å². The van der Waals surface area contributed by atoms with Crippen molar-refractivity contribution in [2.75, 3.05) is 20.7 Å². The van der Waals surface area contributed by atoms with Crippen LogP contribution in [0, 0.1) is 6.92 Å². The molecule has 1 N–H and O–H groups in total. The van der Waals surface area contributed by atoms with Crippen LogP contribution < -0.4 is 14.8 Å². The number of fused-ring (bicyclic) bond motifs is 1. The van der Waals surface area contributed by atoms with Gasteiger partial charge in [0.05, 0.1) is 24.1 Å². The Hall–Kier alpha value is -2.58. The van der Waals surface area contributed by atoms with Crippen LogP contribution in [0.5, 0.6) is 11.5 Å².